The Balaban J connectivity index is 2.04. The van der Waals surface area contributed by atoms with Crippen molar-refractivity contribution in [2.24, 2.45) is 5.92 Å². The summed E-state index contributed by atoms with van der Waals surface area (Å²) in [5.74, 6) is -1.48. The van der Waals surface area contributed by atoms with Gasteiger partial charge in [-0.05, 0) is 58.3 Å². The fourth-order valence-electron chi connectivity index (χ4n) is 2.29. The van der Waals surface area contributed by atoms with Gasteiger partial charge in [0.15, 0.2) is 11.3 Å². The molecule has 7 nitrogen and oxygen atoms in total. The van der Waals surface area contributed by atoms with Gasteiger partial charge in [-0.2, -0.15) is 0 Å². The topological polar surface area (TPSA) is 94.8 Å². The van der Waals surface area contributed by atoms with Crippen LogP contribution in [0.5, 0.6) is 0 Å². The Kier molecular flexibility index (Phi) is 7.61. The molecule has 0 saturated carbocycles. The molecule has 0 aliphatic rings. The molecule has 0 bridgehead atoms. The molecule has 0 spiro atoms. The van der Waals surface area contributed by atoms with E-state index >= 15 is 0 Å². The number of nitrogens with one attached hydrogen (secondary N) is 1. The van der Waals surface area contributed by atoms with Gasteiger partial charge in [-0.1, -0.05) is 13.8 Å². The Bertz CT molecular complexity index is 826. The Morgan fingerprint density at radius 3 is 2.56 bits per heavy atom. The third-order valence-corrected chi connectivity index (χ3v) is 4.71. The zero-order valence-corrected chi connectivity index (χ0v) is 17.6. The number of halogens is 1. The predicted octanol–water partition coefficient (Wildman–Crippen LogP) is 4.27. The molecule has 0 fully saturated rings. The summed E-state index contributed by atoms with van der Waals surface area (Å²) < 4.78 is 15.5. The molecule has 1 N–H and O–H groups in total. The van der Waals surface area contributed by atoms with E-state index in [2.05, 4.69) is 21.2 Å². The van der Waals surface area contributed by atoms with Crippen LogP contribution in [0.3, 0.4) is 0 Å². The van der Waals surface area contributed by atoms with Crippen LogP contribution < -0.4 is 5.32 Å². The smallest absolute Gasteiger partial charge is 0.374 e. The first-order valence-electron chi connectivity index (χ1n) is 8.31. The molecule has 0 aromatic carbocycles. The second-order valence-electron chi connectivity index (χ2n) is 6.01. The number of carbonyl (C=O) groups excluding carboxylic acids is 3. The van der Waals surface area contributed by atoms with Crippen molar-refractivity contribution in [1.82, 2.24) is 0 Å². The van der Waals surface area contributed by atoms with E-state index in [0.29, 0.717) is 27.6 Å². The van der Waals surface area contributed by atoms with E-state index in [0.717, 1.165) is 5.56 Å². The highest BCUT2D eigenvalue weighted by Gasteiger charge is 2.23. The number of carbonyl (C=O) groups is 3. The highest BCUT2D eigenvalue weighted by molar-refractivity contribution is 9.10. The molecule has 0 saturated heterocycles. The van der Waals surface area contributed by atoms with E-state index in [9.17, 15) is 14.4 Å². The van der Waals surface area contributed by atoms with Gasteiger partial charge < -0.3 is 19.2 Å². The van der Waals surface area contributed by atoms with Gasteiger partial charge in [0.05, 0.1) is 12.2 Å². The van der Waals surface area contributed by atoms with Crippen molar-refractivity contribution in [3.05, 3.63) is 39.1 Å². The van der Waals surface area contributed by atoms with Gasteiger partial charge in [-0.15, -0.1) is 11.3 Å². The predicted molar refractivity (Wildman–Crippen MR) is 104 cm³/mol. The number of hydrogen-bond acceptors (Lipinski definition) is 7. The minimum absolute atomic E-state index is 0.0165. The lowest BCUT2D eigenvalue weighted by Crippen LogP contribution is -2.21. The van der Waals surface area contributed by atoms with Crippen LogP contribution in [-0.2, 0) is 20.7 Å². The molecule has 0 radical (unpaired) electrons. The van der Waals surface area contributed by atoms with Crippen LogP contribution in [0.15, 0.2) is 26.6 Å². The van der Waals surface area contributed by atoms with Crippen LogP contribution in [0, 0.1) is 5.92 Å². The van der Waals surface area contributed by atoms with Crippen LogP contribution in [0.1, 0.15) is 47.2 Å². The Morgan fingerprint density at radius 1 is 1.22 bits per heavy atom. The molecule has 0 atom stereocenters. The standard InChI is InChI=1S/C18H20BrNO6S/c1-4-24-18(23)15-11(7-10(2)3)9-27-16(15)20-14(21)8-25-17(22)12-5-6-13(19)26-12/h5-6,9-10H,4,7-8H2,1-3H3,(H,20,21). The zero-order valence-electron chi connectivity index (χ0n) is 15.2. The number of furan rings is 1. The first-order chi connectivity index (χ1) is 12.8. The highest BCUT2D eigenvalue weighted by Crippen LogP contribution is 2.31. The Hall–Kier alpha value is -2.13. The van der Waals surface area contributed by atoms with Gasteiger partial charge in [-0.25, -0.2) is 9.59 Å². The van der Waals surface area contributed by atoms with Gasteiger partial charge in [0.25, 0.3) is 5.91 Å². The molecule has 27 heavy (non-hydrogen) atoms. The van der Waals surface area contributed by atoms with Gasteiger partial charge in [0.1, 0.15) is 5.00 Å². The molecular formula is C18H20BrNO6S. The molecule has 0 aliphatic carbocycles. The van der Waals surface area contributed by atoms with E-state index in [1.165, 1.54) is 17.4 Å². The lowest BCUT2D eigenvalue weighted by molar-refractivity contribution is -0.119. The van der Waals surface area contributed by atoms with E-state index < -0.39 is 24.5 Å². The van der Waals surface area contributed by atoms with Crippen molar-refractivity contribution in [1.29, 1.82) is 0 Å². The molecule has 0 aliphatic heterocycles. The van der Waals surface area contributed by atoms with Gasteiger partial charge in [0.2, 0.25) is 5.76 Å². The fourth-order valence-corrected chi connectivity index (χ4v) is 3.58. The highest BCUT2D eigenvalue weighted by atomic mass is 79.9. The number of rotatable bonds is 8. The first-order valence-corrected chi connectivity index (χ1v) is 9.98. The quantitative estimate of drug-likeness (QED) is 0.594. The average molecular weight is 458 g/mol. The normalized spacial score (nSPS) is 10.7. The van der Waals surface area contributed by atoms with Crippen molar-refractivity contribution >= 4 is 50.1 Å². The summed E-state index contributed by atoms with van der Waals surface area (Å²) in [6.45, 7) is 5.53. The van der Waals surface area contributed by atoms with E-state index in [1.807, 2.05) is 19.2 Å². The van der Waals surface area contributed by atoms with Crippen LogP contribution in [0.4, 0.5) is 5.00 Å². The van der Waals surface area contributed by atoms with Gasteiger partial charge in [0, 0.05) is 0 Å². The van der Waals surface area contributed by atoms with E-state index in [4.69, 9.17) is 13.9 Å². The lowest BCUT2D eigenvalue weighted by Gasteiger charge is -2.10. The number of anilines is 1. The average Bonchev–Trinajstić information content (AvgIpc) is 3.19. The maximum atomic E-state index is 12.3. The summed E-state index contributed by atoms with van der Waals surface area (Å²) in [5.41, 5.74) is 1.17. The maximum Gasteiger partial charge on any atom is 0.374 e. The number of thiophene rings is 1. The SMILES string of the molecule is CCOC(=O)c1c(CC(C)C)csc1NC(=O)COC(=O)c1ccc(Br)o1. The molecule has 0 unspecified atom stereocenters. The number of amides is 1. The number of hydrogen-bond donors (Lipinski definition) is 1. The molecule has 9 heteroatoms. The van der Waals surface area contributed by atoms with Crippen molar-refractivity contribution in [3.8, 4) is 0 Å². The second-order valence-corrected chi connectivity index (χ2v) is 7.67. The summed E-state index contributed by atoms with van der Waals surface area (Å²) in [6, 6.07) is 2.98. The molecule has 2 aromatic rings. The van der Waals surface area contributed by atoms with Crippen molar-refractivity contribution in [2.75, 3.05) is 18.5 Å². The van der Waals surface area contributed by atoms with Crippen LogP contribution >= 0.6 is 27.3 Å². The molecule has 2 heterocycles. The molecule has 146 valence electrons. The first kappa shape index (κ1) is 21.2. The molecule has 2 aromatic heterocycles. The van der Waals surface area contributed by atoms with E-state index in [1.54, 1.807) is 13.0 Å². The number of esters is 2. The summed E-state index contributed by atoms with van der Waals surface area (Å²) in [4.78, 5) is 36.3. The van der Waals surface area contributed by atoms with Gasteiger partial charge in [-0.3, -0.25) is 4.79 Å². The van der Waals surface area contributed by atoms with Gasteiger partial charge >= 0.3 is 11.9 Å². The van der Waals surface area contributed by atoms with Crippen molar-refractivity contribution < 1.29 is 28.3 Å². The summed E-state index contributed by atoms with van der Waals surface area (Å²) in [7, 11) is 0. The largest absolute Gasteiger partial charge is 0.462 e. The van der Waals surface area contributed by atoms with Crippen LogP contribution in [0.2, 0.25) is 0 Å². The third kappa shape index (κ3) is 5.93. The Morgan fingerprint density at radius 2 is 1.96 bits per heavy atom. The maximum absolute atomic E-state index is 12.3. The summed E-state index contributed by atoms with van der Waals surface area (Å²) in [5, 5.41) is 4.83. The Labute approximate surface area is 169 Å². The monoisotopic (exact) mass is 457 g/mol. The van der Waals surface area contributed by atoms with E-state index in [-0.39, 0.29) is 12.4 Å². The lowest BCUT2D eigenvalue weighted by atomic mass is 10.0. The van der Waals surface area contributed by atoms with Crippen LogP contribution in [-0.4, -0.2) is 31.1 Å². The minimum atomic E-state index is -0.756. The summed E-state index contributed by atoms with van der Waals surface area (Å²) >= 11 is 4.32. The van der Waals surface area contributed by atoms with Crippen molar-refractivity contribution in [2.45, 2.75) is 27.2 Å². The number of ether oxygens (including phenoxy) is 2. The fraction of sp³-hybridized carbons (Fsp3) is 0.389. The zero-order chi connectivity index (χ0) is 20.0. The molecule has 2 rings (SSSR count). The molecular weight excluding hydrogens is 438 g/mol. The van der Waals surface area contributed by atoms with Crippen LogP contribution in [0.25, 0.3) is 0 Å². The summed E-state index contributed by atoms with van der Waals surface area (Å²) in [6.07, 6.45) is 0.683. The molecule has 1 amide bonds. The van der Waals surface area contributed by atoms with Crippen molar-refractivity contribution in [3.63, 3.8) is 0 Å². The third-order valence-electron chi connectivity index (χ3n) is 3.34. The second kappa shape index (κ2) is 9.70. The minimum Gasteiger partial charge on any atom is -0.462 e.